The van der Waals surface area contributed by atoms with E-state index < -0.39 is 0 Å². The van der Waals surface area contributed by atoms with Crippen molar-refractivity contribution in [1.82, 2.24) is 4.90 Å². The Bertz CT molecular complexity index is 605. The van der Waals surface area contributed by atoms with E-state index in [9.17, 15) is 0 Å². The summed E-state index contributed by atoms with van der Waals surface area (Å²) in [7, 11) is 0. The molecule has 0 heterocycles. The summed E-state index contributed by atoms with van der Waals surface area (Å²) in [5, 5.41) is 0. The number of nitrogens with zero attached hydrogens (tertiary/aromatic N) is 1. The summed E-state index contributed by atoms with van der Waals surface area (Å²) in [5.74, 6) is 0. The molecule has 0 saturated carbocycles. The van der Waals surface area contributed by atoms with Crippen LogP contribution in [-0.2, 0) is 13.1 Å². The third-order valence-electron chi connectivity index (χ3n) is 6.43. The van der Waals surface area contributed by atoms with E-state index in [4.69, 9.17) is 0 Å². The largest absolute Gasteiger partial charge is 0.290 e. The molecular formula is C29H45N. The molecule has 30 heavy (non-hydrogen) atoms. The number of rotatable bonds is 16. The zero-order valence-electron chi connectivity index (χ0n) is 19.9. The van der Waals surface area contributed by atoms with Gasteiger partial charge in [0.25, 0.3) is 0 Å². The predicted octanol–water partition coefficient (Wildman–Crippen LogP) is 8.78. The van der Waals surface area contributed by atoms with Crippen LogP contribution >= 0.6 is 0 Å². The van der Waals surface area contributed by atoms with E-state index in [1.54, 1.807) is 0 Å². The Balaban J connectivity index is 1.78. The fourth-order valence-electron chi connectivity index (χ4n) is 4.29. The van der Waals surface area contributed by atoms with Gasteiger partial charge in [0.05, 0.1) is 0 Å². The van der Waals surface area contributed by atoms with Gasteiger partial charge in [0.1, 0.15) is 0 Å². The average molecular weight is 408 g/mol. The zero-order chi connectivity index (χ0) is 21.5. The Kier molecular flexibility index (Phi) is 11.9. The van der Waals surface area contributed by atoms with Crippen LogP contribution in [0.5, 0.6) is 0 Å². The summed E-state index contributed by atoms with van der Waals surface area (Å²) < 4.78 is 0. The smallest absolute Gasteiger partial charge is 0.0242 e. The van der Waals surface area contributed by atoms with Crippen molar-refractivity contribution in [2.75, 3.05) is 0 Å². The lowest BCUT2D eigenvalue weighted by atomic mass is 9.92. The lowest BCUT2D eigenvalue weighted by Crippen LogP contribution is -2.42. The minimum atomic E-state index is 0.200. The second kappa shape index (κ2) is 14.4. The predicted molar refractivity (Wildman–Crippen MR) is 133 cm³/mol. The van der Waals surface area contributed by atoms with Crippen molar-refractivity contribution in [3.63, 3.8) is 0 Å². The third-order valence-corrected chi connectivity index (χ3v) is 6.43. The fourth-order valence-corrected chi connectivity index (χ4v) is 4.29. The van der Waals surface area contributed by atoms with Crippen LogP contribution in [0, 0.1) is 0 Å². The van der Waals surface area contributed by atoms with Gasteiger partial charge in [-0.05, 0) is 31.4 Å². The molecule has 0 aromatic heterocycles. The molecule has 0 amide bonds. The lowest BCUT2D eigenvalue weighted by Gasteiger charge is -2.39. The maximum atomic E-state index is 2.67. The van der Waals surface area contributed by atoms with E-state index in [0.717, 1.165) is 13.1 Å². The Hall–Kier alpha value is -1.60. The van der Waals surface area contributed by atoms with E-state index in [0.29, 0.717) is 0 Å². The van der Waals surface area contributed by atoms with Crippen LogP contribution < -0.4 is 0 Å². The van der Waals surface area contributed by atoms with Crippen LogP contribution in [0.2, 0.25) is 0 Å². The van der Waals surface area contributed by atoms with E-state index in [2.05, 4.69) is 86.3 Å². The van der Waals surface area contributed by atoms with Crippen molar-refractivity contribution in [3.05, 3.63) is 71.8 Å². The second-order valence-electron chi connectivity index (χ2n) is 9.57. The molecule has 1 heteroatoms. The molecule has 0 fully saturated rings. The van der Waals surface area contributed by atoms with Gasteiger partial charge in [-0.25, -0.2) is 0 Å². The van der Waals surface area contributed by atoms with Crippen LogP contribution in [-0.4, -0.2) is 10.4 Å². The Morgan fingerprint density at radius 3 is 1.40 bits per heavy atom. The van der Waals surface area contributed by atoms with Gasteiger partial charge in [0.2, 0.25) is 0 Å². The first kappa shape index (κ1) is 24.7. The molecule has 0 N–H and O–H groups in total. The normalized spacial score (nSPS) is 11.9. The number of hydrogen-bond donors (Lipinski definition) is 0. The Morgan fingerprint density at radius 2 is 0.967 bits per heavy atom. The summed E-state index contributed by atoms with van der Waals surface area (Å²) in [6, 6.07) is 21.9. The summed E-state index contributed by atoms with van der Waals surface area (Å²) in [6.45, 7) is 9.20. The molecule has 0 radical (unpaired) electrons. The topological polar surface area (TPSA) is 3.24 Å². The van der Waals surface area contributed by atoms with Crippen LogP contribution in [0.25, 0.3) is 0 Å². The molecule has 0 unspecified atom stereocenters. The van der Waals surface area contributed by atoms with E-state index in [1.165, 1.54) is 81.8 Å². The summed E-state index contributed by atoms with van der Waals surface area (Å²) >= 11 is 0. The monoisotopic (exact) mass is 407 g/mol. The maximum Gasteiger partial charge on any atom is 0.0242 e. The molecule has 0 saturated heterocycles. The van der Waals surface area contributed by atoms with Crippen molar-refractivity contribution < 1.29 is 0 Å². The first-order valence-corrected chi connectivity index (χ1v) is 12.4. The van der Waals surface area contributed by atoms with Gasteiger partial charge in [-0.1, -0.05) is 132 Å². The number of benzene rings is 2. The molecule has 1 nitrogen and oxygen atoms in total. The van der Waals surface area contributed by atoms with Crippen molar-refractivity contribution in [3.8, 4) is 0 Å². The van der Waals surface area contributed by atoms with Crippen LogP contribution in [0.15, 0.2) is 60.7 Å². The van der Waals surface area contributed by atoms with Crippen LogP contribution in [0.4, 0.5) is 0 Å². The second-order valence-corrected chi connectivity index (χ2v) is 9.57. The summed E-state index contributed by atoms with van der Waals surface area (Å²) in [4.78, 5) is 2.67. The Labute approximate surface area is 186 Å². The van der Waals surface area contributed by atoms with Gasteiger partial charge in [0.15, 0.2) is 0 Å². The minimum Gasteiger partial charge on any atom is -0.290 e. The Morgan fingerprint density at radius 1 is 0.567 bits per heavy atom. The van der Waals surface area contributed by atoms with E-state index in [-0.39, 0.29) is 5.54 Å². The highest BCUT2D eigenvalue weighted by molar-refractivity contribution is 5.17. The highest BCUT2D eigenvalue weighted by atomic mass is 15.2. The van der Waals surface area contributed by atoms with Gasteiger partial charge < -0.3 is 0 Å². The molecular weight excluding hydrogens is 362 g/mol. The third kappa shape index (κ3) is 9.94. The number of hydrogen-bond acceptors (Lipinski definition) is 1. The number of unbranched alkanes of at least 4 members (excludes halogenated alkanes) is 9. The van der Waals surface area contributed by atoms with Gasteiger partial charge in [-0.15, -0.1) is 0 Å². The van der Waals surface area contributed by atoms with Crippen molar-refractivity contribution in [2.45, 2.75) is 110 Å². The van der Waals surface area contributed by atoms with Gasteiger partial charge in [0, 0.05) is 18.6 Å². The van der Waals surface area contributed by atoms with Crippen LogP contribution in [0.3, 0.4) is 0 Å². The molecule has 0 spiro atoms. The molecule has 2 rings (SSSR count). The molecule has 0 atom stereocenters. The molecule has 2 aromatic rings. The molecule has 0 aliphatic carbocycles. The molecule has 0 aliphatic heterocycles. The van der Waals surface area contributed by atoms with E-state index >= 15 is 0 Å². The summed E-state index contributed by atoms with van der Waals surface area (Å²) in [6.07, 6.45) is 15.3. The average Bonchev–Trinajstić information content (AvgIpc) is 2.76. The van der Waals surface area contributed by atoms with Gasteiger partial charge >= 0.3 is 0 Å². The van der Waals surface area contributed by atoms with Crippen molar-refractivity contribution in [1.29, 1.82) is 0 Å². The standard InChI is InChI=1S/C29H45N/c1-4-5-6-7-8-9-10-11-12-19-24-29(2,3)30(25-27-20-15-13-16-21-27)26-28-22-17-14-18-23-28/h13-18,20-23H,4-12,19,24-26H2,1-3H3. The highest BCUT2D eigenvalue weighted by Gasteiger charge is 2.26. The molecule has 0 bridgehead atoms. The minimum absolute atomic E-state index is 0.200. The molecule has 2 aromatic carbocycles. The quantitative estimate of drug-likeness (QED) is 0.251. The SMILES string of the molecule is CCCCCCCCCCCCC(C)(C)N(Cc1ccccc1)Cc1ccccc1. The fraction of sp³-hybridized carbons (Fsp3) is 0.586. The zero-order valence-corrected chi connectivity index (χ0v) is 19.9. The van der Waals surface area contributed by atoms with Gasteiger partial charge in [-0.2, -0.15) is 0 Å². The molecule has 166 valence electrons. The summed E-state index contributed by atoms with van der Waals surface area (Å²) in [5.41, 5.74) is 3.01. The van der Waals surface area contributed by atoms with Crippen molar-refractivity contribution >= 4 is 0 Å². The highest BCUT2D eigenvalue weighted by Crippen LogP contribution is 2.27. The first-order chi connectivity index (χ1) is 14.6. The maximum absolute atomic E-state index is 2.67. The van der Waals surface area contributed by atoms with Crippen LogP contribution in [0.1, 0.15) is 103 Å². The first-order valence-electron chi connectivity index (χ1n) is 12.4. The molecule has 0 aliphatic rings. The van der Waals surface area contributed by atoms with E-state index in [1.807, 2.05) is 0 Å². The lowest BCUT2D eigenvalue weighted by molar-refractivity contribution is 0.0906. The van der Waals surface area contributed by atoms with Gasteiger partial charge in [-0.3, -0.25) is 4.90 Å². The van der Waals surface area contributed by atoms with Crippen molar-refractivity contribution in [2.24, 2.45) is 0 Å².